The van der Waals surface area contributed by atoms with Gasteiger partial charge < -0.3 is 30.3 Å². The zero-order chi connectivity index (χ0) is 27.3. The number of aryl methyl sites for hydroxylation is 1. The van der Waals surface area contributed by atoms with Gasteiger partial charge in [-0.3, -0.25) is 4.79 Å². The highest BCUT2D eigenvalue weighted by Gasteiger charge is 2.45. The molecule has 4 N–H and O–H groups in total. The number of nitrogens with two attached hydrogens (primary N) is 1. The normalized spacial score (nSPS) is 25.4. The van der Waals surface area contributed by atoms with E-state index in [2.05, 4.69) is 19.1 Å². The molecule has 0 aromatic heterocycles. The Bertz CT molecular complexity index is 1090. The average Bonchev–Trinajstić information content (AvgIpc) is 3.28. The van der Waals surface area contributed by atoms with E-state index >= 15 is 0 Å². The molecular formula is C30H41ClN2O5. The minimum absolute atomic E-state index is 0.0333. The molecule has 2 aromatic rings. The zero-order valence-electron chi connectivity index (χ0n) is 22.4. The van der Waals surface area contributed by atoms with E-state index in [1.807, 2.05) is 30.3 Å². The van der Waals surface area contributed by atoms with Gasteiger partial charge in [0.2, 0.25) is 5.91 Å². The van der Waals surface area contributed by atoms with E-state index in [0.29, 0.717) is 56.0 Å². The highest BCUT2D eigenvalue weighted by Crippen LogP contribution is 2.43. The third-order valence-corrected chi connectivity index (χ3v) is 8.41. The quantitative estimate of drug-likeness (QED) is 0.392. The maximum atomic E-state index is 13.4. The van der Waals surface area contributed by atoms with Crippen LogP contribution in [0.25, 0.3) is 11.1 Å². The van der Waals surface area contributed by atoms with E-state index < -0.39 is 17.8 Å². The minimum atomic E-state index is -1.39. The fourth-order valence-electron chi connectivity index (χ4n) is 5.88. The molecule has 5 unspecified atom stereocenters. The van der Waals surface area contributed by atoms with E-state index in [1.165, 1.54) is 5.56 Å². The third kappa shape index (κ3) is 6.24. The maximum Gasteiger partial charge on any atom is 0.226 e. The molecule has 1 aliphatic heterocycles. The van der Waals surface area contributed by atoms with Crippen molar-refractivity contribution in [3.8, 4) is 11.1 Å². The largest absolute Gasteiger partial charge is 0.391 e. The van der Waals surface area contributed by atoms with Gasteiger partial charge in [-0.25, -0.2) is 0 Å². The zero-order valence-corrected chi connectivity index (χ0v) is 23.2. The number of morpholine rings is 1. The van der Waals surface area contributed by atoms with Gasteiger partial charge in [0.25, 0.3) is 0 Å². The van der Waals surface area contributed by atoms with Crippen LogP contribution in [0.15, 0.2) is 42.5 Å². The van der Waals surface area contributed by atoms with Crippen LogP contribution in [0.4, 0.5) is 0 Å². The molecule has 4 rings (SSSR count). The number of carbonyl (C=O) groups is 1. The lowest BCUT2D eigenvalue weighted by molar-refractivity contribution is -0.167. The summed E-state index contributed by atoms with van der Waals surface area (Å²) in [6.45, 7) is 3.72. The standard InChI is InChI=1S/C30H41ClN2O5/c1-3-20-8-6-9-21(16-20)28-23(10-7-11-24(28)31)30(36,12-4-5-14-37-2)27-19-33(13-15-38-27)29(35)22-17-25(32)26(34)18-22/h6-11,16,22,25-27,34,36H,3-5,12-15,17-19,32H2,1-2H3. The molecule has 5 atom stereocenters. The Morgan fingerprint density at radius 2 is 2.03 bits per heavy atom. The second-order valence-electron chi connectivity index (χ2n) is 10.6. The first kappa shape index (κ1) is 29.0. The fraction of sp³-hybridized carbons (Fsp3) is 0.567. The Kier molecular flexibility index (Phi) is 9.84. The van der Waals surface area contributed by atoms with Crippen LogP contribution < -0.4 is 5.73 Å². The van der Waals surface area contributed by atoms with Gasteiger partial charge in [-0.1, -0.05) is 54.9 Å². The SMILES string of the molecule is CCc1cccc(-c2c(Cl)cccc2C(O)(CCCCOC)C2CN(C(=O)C3CC(N)C(O)C3)CCO2)c1. The number of nitrogens with zero attached hydrogens (tertiary/aromatic N) is 1. The fourth-order valence-corrected chi connectivity index (χ4v) is 6.17. The molecule has 208 valence electrons. The summed E-state index contributed by atoms with van der Waals surface area (Å²) in [6, 6.07) is 13.5. The second kappa shape index (κ2) is 12.9. The number of unbranched alkanes of at least 4 members (excludes halogenated alkanes) is 1. The summed E-state index contributed by atoms with van der Waals surface area (Å²) in [5.41, 5.74) is 8.21. The first-order valence-electron chi connectivity index (χ1n) is 13.7. The lowest BCUT2D eigenvalue weighted by Gasteiger charge is -2.44. The monoisotopic (exact) mass is 544 g/mol. The van der Waals surface area contributed by atoms with E-state index in [-0.39, 0.29) is 24.4 Å². The third-order valence-electron chi connectivity index (χ3n) is 8.10. The molecule has 1 aliphatic carbocycles. The molecule has 0 spiro atoms. The highest BCUT2D eigenvalue weighted by molar-refractivity contribution is 6.33. The summed E-state index contributed by atoms with van der Waals surface area (Å²) in [5.74, 6) is -0.346. The van der Waals surface area contributed by atoms with Crippen LogP contribution in [0, 0.1) is 5.92 Å². The van der Waals surface area contributed by atoms with Crippen molar-refractivity contribution in [2.75, 3.05) is 33.4 Å². The van der Waals surface area contributed by atoms with Crippen LogP contribution in [0.5, 0.6) is 0 Å². The number of hydrogen-bond donors (Lipinski definition) is 3. The van der Waals surface area contributed by atoms with Gasteiger partial charge >= 0.3 is 0 Å². The summed E-state index contributed by atoms with van der Waals surface area (Å²) in [6.07, 6.45) is 2.34. The second-order valence-corrected chi connectivity index (χ2v) is 11.0. The Hall–Kier alpha value is -2.00. The Morgan fingerprint density at radius 1 is 1.24 bits per heavy atom. The number of ether oxygens (including phenoxy) is 2. The van der Waals surface area contributed by atoms with Crippen molar-refractivity contribution in [1.29, 1.82) is 0 Å². The average molecular weight is 545 g/mol. The minimum Gasteiger partial charge on any atom is -0.391 e. The van der Waals surface area contributed by atoms with Crippen LogP contribution in [-0.2, 0) is 26.3 Å². The number of aliphatic hydroxyl groups excluding tert-OH is 1. The number of hydrogen-bond acceptors (Lipinski definition) is 6. The van der Waals surface area contributed by atoms with Crippen molar-refractivity contribution in [2.24, 2.45) is 11.7 Å². The lowest BCUT2D eigenvalue weighted by Crippen LogP contribution is -2.55. The van der Waals surface area contributed by atoms with Crippen LogP contribution in [0.3, 0.4) is 0 Å². The first-order chi connectivity index (χ1) is 18.3. The van der Waals surface area contributed by atoms with Crippen LogP contribution in [0.1, 0.15) is 50.2 Å². The van der Waals surface area contributed by atoms with Crippen molar-refractivity contribution in [2.45, 2.75) is 69.3 Å². The molecule has 1 saturated heterocycles. The number of carbonyl (C=O) groups excluding carboxylic acids is 1. The molecule has 0 bridgehead atoms. The Morgan fingerprint density at radius 3 is 2.74 bits per heavy atom. The molecular weight excluding hydrogens is 504 g/mol. The molecule has 0 radical (unpaired) electrons. The number of methoxy groups -OCH3 is 1. The van der Waals surface area contributed by atoms with E-state index in [4.69, 9.17) is 26.8 Å². The van der Waals surface area contributed by atoms with Crippen LogP contribution in [-0.4, -0.2) is 72.7 Å². The molecule has 2 fully saturated rings. The van der Waals surface area contributed by atoms with E-state index in [9.17, 15) is 15.0 Å². The van der Waals surface area contributed by atoms with E-state index in [0.717, 1.165) is 24.0 Å². The van der Waals surface area contributed by atoms with E-state index in [1.54, 1.807) is 12.0 Å². The van der Waals surface area contributed by atoms with Crippen molar-refractivity contribution >= 4 is 17.5 Å². The smallest absolute Gasteiger partial charge is 0.226 e. The van der Waals surface area contributed by atoms with Gasteiger partial charge in [0.15, 0.2) is 0 Å². The van der Waals surface area contributed by atoms with Gasteiger partial charge in [0.1, 0.15) is 11.7 Å². The number of amides is 1. The maximum absolute atomic E-state index is 13.4. The van der Waals surface area contributed by atoms with Crippen molar-refractivity contribution in [3.05, 3.63) is 58.6 Å². The summed E-state index contributed by atoms with van der Waals surface area (Å²) >= 11 is 6.81. The molecule has 2 aromatic carbocycles. The predicted octanol–water partition coefficient (Wildman–Crippen LogP) is 3.90. The lowest BCUT2D eigenvalue weighted by atomic mass is 9.78. The summed E-state index contributed by atoms with van der Waals surface area (Å²) in [5, 5.41) is 23.2. The summed E-state index contributed by atoms with van der Waals surface area (Å²) in [4.78, 5) is 15.2. The predicted molar refractivity (Wildman–Crippen MR) is 149 cm³/mol. The molecule has 7 nitrogen and oxygen atoms in total. The van der Waals surface area contributed by atoms with Gasteiger partial charge in [0, 0.05) is 42.8 Å². The molecule has 1 heterocycles. The Labute approximate surface area is 230 Å². The van der Waals surface area contributed by atoms with Crippen molar-refractivity contribution in [3.63, 3.8) is 0 Å². The summed E-state index contributed by atoms with van der Waals surface area (Å²) in [7, 11) is 1.67. The van der Waals surface area contributed by atoms with Gasteiger partial charge in [-0.15, -0.1) is 0 Å². The topological polar surface area (TPSA) is 105 Å². The number of aliphatic hydroxyl groups is 2. The first-order valence-corrected chi connectivity index (χ1v) is 14.1. The highest BCUT2D eigenvalue weighted by atomic mass is 35.5. The number of rotatable bonds is 10. The number of benzene rings is 2. The molecule has 1 amide bonds. The molecule has 1 saturated carbocycles. The number of halogens is 1. The van der Waals surface area contributed by atoms with Crippen molar-refractivity contribution < 1.29 is 24.5 Å². The van der Waals surface area contributed by atoms with Crippen molar-refractivity contribution in [1.82, 2.24) is 4.90 Å². The molecule has 8 heteroatoms. The van der Waals surface area contributed by atoms with Gasteiger partial charge in [0.05, 0.1) is 19.3 Å². The Balaban J connectivity index is 1.69. The van der Waals surface area contributed by atoms with Crippen LogP contribution in [0.2, 0.25) is 5.02 Å². The molecule has 2 aliphatic rings. The van der Waals surface area contributed by atoms with Crippen LogP contribution >= 0.6 is 11.6 Å². The summed E-state index contributed by atoms with van der Waals surface area (Å²) < 4.78 is 11.5. The van der Waals surface area contributed by atoms with Gasteiger partial charge in [-0.2, -0.15) is 0 Å². The molecule has 38 heavy (non-hydrogen) atoms. The van der Waals surface area contributed by atoms with Gasteiger partial charge in [-0.05, 0) is 61.3 Å².